The number of alkyl halides is 3. The Kier molecular flexibility index (Phi) is 8.62. The van der Waals surface area contributed by atoms with Crippen molar-refractivity contribution in [2.45, 2.75) is 38.9 Å². The number of H-pyrrole nitrogens is 1. The Labute approximate surface area is 186 Å². The summed E-state index contributed by atoms with van der Waals surface area (Å²) in [6.07, 6.45) is -0.640. The molecular formula is C20H29F3IN5. The van der Waals surface area contributed by atoms with Gasteiger partial charge in [-0.05, 0) is 43.9 Å². The number of fused-ring (bicyclic) bond motifs is 1. The summed E-state index contributed by atoms with van der Waals surface area (Å²) in [6.45, 7) is 5.37. The van der Waals surface area contributed by atoms with E-state index in [-0.39, 0.29) is 30.0 Å². The second-order valence-corrected chi connectivity index (χ2v) is 7.30. The number of hydrogen-bond donors (Lipinski definition) is 3. The van der Waals surface area contributed by atoms with Gasteiger partial charge in [-0.1, -0.05) is 12.1 Å². The molecule has 0 aliphatic carbocycles. The van der Waals surface area contributed by atoms with Crippen LogP contribution < -0.4 is 10.6 Å². The lowest BCUT2D eigenvalue weighted by Crippen LogP contribution is -2.45. The highest BCUT2D eigenvalue weighted by atomic mass is 127. The number of guanidine groups is 1. The molecule has 1 aromatic heterocycles. The highest BCUT2D eigenvalue weighted by Crippen LogP contribution is 2.22. The molecule has 0 spiro atoms. The molecule has 2 aromatic rings. The van der Waals surface area contributed by atoms with Crippen LogP contribution in [0.2, 0.25) is 0 Å². The Balaban J connectivity index is 0.00000300. The monoisotopic (exact) mass is 523 g/mol. The van der Waals surface area contributed by atoms with Crippen LogP contribution >= 0.6 is 24.0 Å². The minimum absolute atomic E-state index is 0. The molecule has 29 heavy (non-hydrogen) atoms. The van der Waals surface area contributed by atoms with E-state index in [1.54, 1.807) is 0 Å². The summed E-state index contributed by atoms with van der Waals surface area (Å²) in [4.78, 5) is 9.37. The van der Waals surface area contributed by atoms with Gasteiger partial charge in [-0.2, -0.15) is 13.2 Å². The minimum atomic E-state index is -4.15. The fourth-order valence-electron chi connectivity index (χ4n) is 3.80. The van der Waals surface area contributed by atoms with Crippen LogP contribution in [-0.2, 0) is 6.42 Å². The lowest BCUT2D eigenvalue weighted by molar-refractivity contribution is -0.143. The highest BCUT2D eigenvalue weighted by Gasteiger charge is 2.34. The number of nitrogens with zero attached hydrogens (tertiary/aromatic N) is 2. The van der Waals surface area contributed by atoms with Gasteiger partial charge >= 0.3 is 6.18 Å². The Morgan fingerprint density at radius 3 is 2.86 bits per heavy atom. The van der Waals surface area contributed by atoms with Gasteiger partial charge < -0.3 is 15.6 Å². The van der Waals surface area contributed by atoms with Crippen molar-refractivity contribution in [2.75, 3.05) is 32.7 Å². The summed E-state index contributed by atoms with van der Waals surface area (Å²) in [5.41, 5.74) is 3.59. The van der Waals surface area contributed by atoms with Crippen molar-refractivity contribution in [1.29, 1.82) is 0 Å². The summed E-state index contributed by atoms with van der Waals surface area (Å²) in [7, 11) is 0. The molecule has 9 heteroatoms. The Morgan fingerprint density at radius 1 is 1.34 bits per heavy atom. The number of benzene rings is 1. The maximum absolute atomic E-state index is 12.6. The smallest absolute Gasteiger partial charge is 0.361 e. The molecule has 1 unspecified atom stereocenters. The maximum Gasteiger partial charge on any atom is 0.401 e. The van der Waals surface area contributed by atoms with Crippen molar-refractivity contribution in [3.63, 3.8) is 0 Å². The minimum Gasteiger partial charge on any atom is -0.361 e. The van der Waals surface area contributed by atoms with Crippen molar-refractivity contribution < 1.29 is 13.2 Å². The number of rotatable bonds is 6. The number of nitrogens with one attached hydrogen (secondary N) is 3. The van der Waals surface area contributed by atoms with E-state index in [0.29, 0.717) is 38.6 Å². The topological polar surface area (TPSA) is 55.5 Å². The molecule has 1 aliphatic heterocycles. The second-order valence-electron chi connectivity index (χ2n) is 7.30. The summed E-state index contributed by atoms with van der Waals surface area (Å²) in [5.74, 6) is 0.665. The van der Waals surface area contributed by atoms with E-state index in [2.05, 4.69) is 39.7 Å². The van der Waals surface area contributed by atoms with Crippen molar-refractivity contribution in [1.82, 2.24) is 20.5 Å². The van der Waals surface area contributed by atoms with Crippen molar-refractivity contribution in [2.24, 2.45) is 4.99 Å². The zero-order valence-electron chi connectivity index (χ0n) is 16.8. The van der Waals surface area contributed by atoms with Gasteiger partial charge in [0.1, 0.15) is 0 Å². The third-order valence-corrected chi connectivity index (χ3v) is 5.01. The van der Waals surface area contributed by atoms with E-state index in [9.17, 15) is 13.2 Å². The summed E-state index contributed by atoms with van der Waals surface area (Å²) in [6, 6.07) is 6.18. The number of aromatic nitrogens is 1. The molecule has 0 amide bonds. The quantitative estimate of drug-likeness (QED) is 0.307. The molecule has 2 heterocycles. The molecule has 1 aliphatic rings. The predicted molar refractivity (Wildman–Crippen MR) is 122 cm³/mol. The number of likely N-dealkylation sites (tertiary alicyclic amines) is 1. The summed E-state index contributed by atoms with van der Waals surface area (Å²) < 4.78 is 37.7. The van der Waals surface area contributed by atoms with Crippen LogP contribution in [0.5, 0.6) is 0 Å². The molecule has 3 N–H and O–H groups in total. The van der Waals surface area contributed by atoms with Crippen molar-refractivity contribution in [3.8, 4) is 0 Å². The van der Waals surface area contributed by atoms with Crippen LogP contribution in [0.3, 0.4) is 0 Å². The van der Waals surface area contributed by atoms with Crippen LogP contribution in [0, 0.1) is 6.92 Å². The highest BCUT2D eigenvalue weighted by molar-refractivity contribution is 14.0. The van der Waals surface area contributed by atoms with Gasteiger partial charge in [0.05, 0.1) is 6.54 Å². The summed E-state index contributed by atoms with van der Waals surface area (Å²) >= 11 is 0. The van der Waals surface area contributed by atoms with E-state index in [1.807, 2.05) is 19.2 Å². The molecule has 1 aromatic carbocycles. The number of hydrogen-bond acceptors (Lipinski definition) is 2. The molecule has 3 rings (SSSR count). The normalized spacial score (nSPS) is 18.1. The van der Waals surface area contributed by atoms with Gasteiger partial charge in [-0.3, -0.25) is 9.89 Å². The number of aromatic amines is 1. The van der Waals surface area contributed by atoms with Gasteiger partial charge in [-0.15, -0.1) is 24.0 Å². The number of aryl methyl sites for hydroxylation is 1. The fraction of sp³-hybridized carbons (Fsp3) is 0.550. The first-order valence-corrected chi connectivity index (χ1v) is 9.75. The lowest BCUT2D eigenvalue weighted by Gasteiger charge is -2.19. The fourth-order valence-corrected chi connectivity index (χ4v) is 3.80. The molecule has 0 radical (unpaired) electrons. The zero-order chi connectivity index (χ0) is 20.1. The first-order chi connectivity index (χ1) is 13.4. The van der Waals surface area contributed by atoms with Gasteiger partial charge in [0.25, 0.3) is 0 Å². The second kappa shape index (κ2) is 10.5. The SMILES string of the molecule is CCNC(=NCCc1c[nH]c2cccc(C)c12)NC1CCN(CC(F)(F)F)C1.I. The largest absolute Gasteiger partial charge is 0.401 e. The van der Waals surface area contributed by atoms with Crippen LogP contribution in [0.4, 0.5) is 13.2 Å². The Morgan fingerprint density at radius 2 is 2.14 bits per heavy atom. The van der Waals surface area contributed by atoms with Gasteiger partial charge in [-0.25, -0.2) is 0 Å². The Hall–Kier alpha value is -1.49. The average Bonchev–Trinajstić information content (AvgIpc) is 3.21. The van der Waals surface area contributed by atoms with E-state index < -0.39 is 12.7 Å². The first-order valence-electron chi connectivity index (χ1n) is 9.75. The first kappa shape index (κ1) is 23.8. The zero-order valence-corrected chi connectivity index (χ0v) is 19.1. The van der Waals surface area contributed by atoms with Crippen LogP contribution in [-0.4, -0.2) is 60.8 Å². The molecule has 1 saturated heterocycles. The molecule has 1 atom stereocenters. The third kappa shape index (κ3) is 6.77. The standard InChI is InChI=1S/C20H28F3N5.HI/c1-3-24-19(27-16-8-10-28(12-16)13-20(21,22)23)25-9-7-15-11-26-17-6-4-5-14(2)18(15)17;/h4-6,11,16,26H,3,7-10,12-13H2,1-2H3,(H2,24,25,27);1H. The van der Waals surface area contributed by atoms with Gasteiger partial charge in [0.15, 0.2) is 5.96 Å². The van der Waals surface area contributed by atoms with E-state index in [0.717, 1.165) is 11.9 Å². The van der Waals surface area contributed by atoms with Crippen molar-refractivity contribution >= 4 is 40.8 Å². The molecule has 0 saturated carbocycles. The summed E-state index contributed by atoms with van der Waals surface area (Å²) in [5, 5.41) is 7.72. The van der Waals surface area contributed by atoms with E-state index >= 15 is 0 Å². The Bertz CT molecular complexity index is 818. The molecule has 0 bridgehead atoms. The van der Waals surface area contributed by atoms with E-state index in [1.165, 1.54) is 21.4 Å². The lowest BCUT2D eigenvalue weighted by atomic mass is 10.1. The molecule has 1 fully saturated rings. The number of halogens is 4. The van der Waals surface area contributed by atoms with Gasteiger partial charge in [0.2, 0.25) is 0 Å². The number of aliphatic imine (C=N–C) groups is 1. The third-order valence-electron chi connectivity index (χ3n) is 5.01. The predicted octanol–water partition coefficient (Wildman–Crippen LogP) is 3.83. The van der Waals surface area contributed by atoms with Gasteiger partial charge in [0, 0.05) is 49.3 Å². The molecule has 162 valence electrons. The van der Waals surface area contributed by atoms with Crippen LogP contribution in [0.25, 0.3) is 10.9 Å². The molecular weight excluding hydrogens is 494 g/mol. The van der Waals surface area contributed by atoms with Crippen LogP contribution in [0.15, 0.2) is 29.4 Å². The van der Waals surface area contributed by atoms with Crippen molar-refractivity contribution in [3.05, 3.63) is 35.5 Å². The van der Waals surface area contributed by atoms with Crippen LogP contribution in [0.1, 0.15) is 24.5 Å². The van der Waals surface area contributed by atoms with E-state index in [4.69, 9.17) is 0 Å². The maximum atomic E-state index is 12.6. The molecule has 5 nitrogen and oxygen atoms in total. The average molecular weight is 523 g/mol.